The first kappa shape index (κ1) is 12.0. The van der Waals surface area contributed by atoms with Crippen LogP contribution < -0.4 is 5.32 Å². The quantitative estimate of drug-likeness (QED) is 0.619. The molecule has 1 aliphatic rings. The summed E-state index contributed by atoms with van der Waals surface area (Å²) in [4.78, 5) is 0. The van der Waals surface area contributed by atoms with Crippen LogP contribution in [-0.4, -0.2) is 35.0 Å². The molecule has 1 saturated carbocycles. The van der Waals surface area contributed by atoms with Crippen LogP contribution in [0.3, 0.4) is 0 Å². The van der Waals surface area contributed by atoms with Crippen LogP contribution in [0.25, 0.3) is 0 Å². The zero-order valence-corrected chi connectivity index (χ0v) is 9.29. The summed E-state index contributed by atoms with van der Waals surface area (Å²) in [5.41, 5.74) is -0.512. The summed E-state index contributed by atoms with van der Waals surface area (Å²) < 4.78 is 0. The van der Waals surface area contributed by atoms with Crippen LogP contribution in [0.5, 0.6) is 0 Å². The second-order valence-electron chi connectivity index (χ2n) is 4.85. The van der Waals surface area contributed by atoms with Gasteiger partial charge in [-0.05, 0) is 18.8 Å². The standard InChI is InChI=1S/C11H23NO2/c1-9(2)10(7-13)12-8-11(14)5-3-4-6-11/h9-10,12-14H,3-8H2,1-2H3/t10-/m1/s1. The molecule has 14 heavy (non-hydrogen) atoms. The lowest BCUT2D eigenvalue weighted by Gasteiger charge is -2.27. The lowest BCUT2D eigenvalue weighted by atomic mass is 10.00. The highest BCUT2D eigenvalue weighted by Crippen LogP contribution is 2.28. The minimum absolute atomic E-state index is 0.111. The topological polar surface area (TPSA) is 52.5 Å². The van der Waals surface area contributed by atoms with Gasteiger partial charge in [0.05, 0.1) is 12.2 Å². The smallest absolute Gasteiger partial charge is 0.0771 e. The number of hydrogen-bond acceptors (Lipinski definition) is 3. The SMILES string of the molecule is CC(C)[C@@H](CO)NCC1(O)CCCC1. The van der Waals surface area contributed by atoms with Gasteiger partial charge in [0, 0.05) is 12.6 Å². The van der Waals surface area contributed by atoms with Crippen molar-refractivity contribution < 1.29 is 10.2 Å². The van der Waals surface area contributed by atoms with Gasteiger partial charge < -0.3 is 15.5 Å². The first-order valence-electron chi connectivity index (χ1n) is 5.64. The van der Waals surface area contributed by atoms with Gasteiger partial charge >= 0.3 is 0 Å². The fraction of sp³-hybridized carbons (Fsp3) is 1.00. The van der Waals surface area contributed by atoms with E-state index >= 15 is 0 Å². The predicted octanol–water partition coefficient (Wildman–Crippen LogP) is 0.898. The molecular weight excluding hydrogens is 178 g/mol. The summed E-state index contributed by atoms with van der Waals surface area (Å²) in [5.74, 6) is 0.407. The zero-order valence-electron chi connectivity index (χ0n) is 9.29. The van der Waals surface area contributed by atoms with Crippen molar-refractivity contribution in [1.82, 2.24) is 5.32 Å². The molecular formula is C11H23NO2. The van der Waals surface area contributed by atoms with Crippen LogP contribution in [0.2, 0.25) is 0 Å². The van der Waals surface area contributed by atoms with Crippen molar-refractivity contribution in [2.24, 2.45) is 5.92 Å². The Labute approximate surface area is 86.5 Å². The van der Waals surface area contributed by atoms with Crippen molar-refractivity contribution >= 4 is 0 Å². The van der Waals surface area contributed by atoms with Crippen molar-refractivity contribution in [2.45, 2.75) is 51.2 Å². The molecule has 1 rings (SSSR count). The van der Waals surface area contributed by atoms with E-state index < -0.39 is 5.60 Å². The Morgan fingerprint density at radius 2 is 1.86 bits per heavy atom. The molecule has 3 heteroatoms. The molecule has 0 unspecified atom stereocenters. The Kier molecular flexibility index (Phi) is 4.35. The minimum Gasteiger partial charge on any atom is -0.395 e. The highest BCUT2D eigenvalue weighted by atomic mass is 16.3. The molecule has 3 N–H and O–H groups in total. The van der Waals surface area contributed by atoms with Gasteiger partial charge in [-0.2, -0.15) is 0 Å². The summed E-state index contributed by atoms with van der Waals surface area (Å²) >= 11 is 0. The molecule has 1 aliphatic carbocycles. The summed E-state index contributed by atoms with van der Waals surface area (Å²) in [6.07, 6.45) is 4.06. The molecule has 0 radical (unpaired) electrons. The molecule has 0 spiro atoms. The Morgan fingerprint density at radius 1 is 1.29 bits per heavy atom. The van der Waals surface area contributed by atoms with Gasteiger partial charge in [-0.1, -0.05) is 26.7 Å². The van der Waals surface area contributed by atoms with E-state index in [0.717, 1.165) is 25.7 Å². The molecule has 1 atom stereocenters. The van der Waals surface area contributed by atoms with Crippen molar-refractivity contribution in [2.75, 3.05) is 13.2 Å². The molecule has 0 aliphatic heterocycles. The van der Waals surface area contributed by atoms with E-state index in [9.17, 15) is 5.11 Å². The average molecular weight is 201 g/mol. The van der Waals surface area contributed by atoms with E-state index in [-0.39, 0.29) is 12.6 Å². The molecule has 0 bridgehead atoms. The number of rotatable bonds is 5. The normalized spacial score (nSPS) is 22.9. The van der Waals surface area contributed by atoms with Crippen molar-refractivity contribution in [3.05, 3.63) is 0 Å². The monoisotopic (exact) mass is 201 g/mol. The van der Waals surface area contributed by atoms with Gasteiger partial charge in [0.25, 0.3) is 0 Å². The van der Waals surface area contributed by atoms with Crippen molar-refractivity contribution in [3.63, 3.8) is 0 Å². The first-order valence-corrected chi connectivity index (χ1v) is 5.64. The largest absolute Gasteiger partial charge is 0.395 e. The fourth-order valence-corrected chi connectivity index (χ4v) is 2.04. The van der Waals surface area contributed by atoms with Crippen LogP contribution in [0.15, 0.2) is 0 Å². The molecule has 0 aromatic heterocycles. The number of nitrogens with one attached hydrogen (secondary N) is 1. The van der Waals surface area contributed by atoms with E-state index in [1.165, 1.54) is 0 Å². The van der Waals surface area contributed by atoms with Gasteiger partial charge in [-0.25, -0.2) is 0 Å². The zero-order chi connectivity index (χ0) is 10.6. The van der Waals surface area contributed by atoms with Crippen LogP contribution >= 0.6 is 0 Å². The second-order valence-corrected chi connectivity index (χ2v) is 4.85. The molecule has 0 aromatic rings. The Morgan fingerprint density at radius 3 is 2.29 bits per heavy atom. The second kappa shape index (κ2) is 5.10. The van der Waals surface area contributed by atoms with E-state index in [1.54, 1.807) is 0 Å². The highest BCUT2D eigenvalue weighted by molar-refractivity contribution is 4.87. The third kappa shape index (κ3) is 3.23. The lowest BCUT2D eigenvalue weighted by molar-refractivity contribution is 0.0399. The molecule has 3 nitrogen and oxygen atoms in total. The van der Waals surface area contributed by atoms with Gasteiger partial charge in [0.2, 0.25) is 0 Å². The summed E-state index contributed by atoms with van der Waals surface area (Å²) in [6, 6.07) is 0.111. The maximum absolute atomic E-state index is 10.1. The van der Waals surface area contributed by atoms with Crippen LogP contribution in [0.1, 0.15) is 39.5 Å². The van der Waals surface area contributed by atoms with Crippen LogP contribution in [0.4, 0.5) is 0 Å². The molecule has 0 heterocycles. The highest BCUT2D eigenvalue weighted by Gasteiger charge is 2.31. The van der Waals surface area contributed by atoms with Gasteiger partial charge in [0.15, 0.2) is 0 Å². The van der Waals surface area contributed by atoms with Crippen LogP contribution in [0, 0.1) is 5.92 Å². The fourth-order valence-electron chi connectivity index (χ4n) is 2.04. The Balaban J connectivity index is 2.30. The van der Waals surface area contributed by atoms with Gasteiger partial charge in [-0.3, -0.25) is 0 Å². The lowest BCUT2D eigenvalue weighted by Crippen LogP contribution is -2.46. The Bertz CT molecular complexity index is 165. The van der Waals surface area contributed by atoms with Crippen LogP contribution in [-0.2, 0) is 0 Å². The molecule has 0 aromatic carbocycles. The number of hydrogen-bond donors (Lipinski definition) is 3. The molecule has 84 valence electrons. The van der Waals surface area contributed by atoms with E-state index in [4.69, 9.17) is 5.11 Å². The van der Waals surface area contributed by atoms with Gasteiger partial charge in [-0.15, -0.1) is 0 Å². The number of aliphatic hydroxyl groups excluding tert-OH is 1. The summed E-state index contributed by atoms with van der Waals surface area (Å²) in [7, 11) is 0. The van der Waals surface area contributed by atoms with E-state index in [1.807, 2.05) is 0 Å². The van der Waals surface area contributed by atoms with E-state index in [2.05, 4.69) is 19.2 Å². The molecule has 0 amide bonds. The Hall–Kier alpha value is -0.120. The van der Waals surface area contributed by atoms with E-state index in [0.29, 0.717) is 12.5 Å². The summed E-state index contributed by atoms with van der Waals surface area (Å²) in [5, 5.41) is 22.4. The third-order valence-electron chi connectivity index (χ3n) is 3.23. The summed E-state index contributed by atoms with van der Waals surface area (Å²) in [6.45, 7) is 4.92. The molecule has 1 fully saturated rings. The maximum Gasteiger partial charge on any atom is 0.0771 e. The predicted molar refractivity (Wildman–Crippen MR) is 57.1 cm³/mol. The average Bonchev–Trinajstić information content (AvgIpc) is 2.53. The van der Waals surface area contributed by atoms with Gasteiger partial charge in [0.1, 0.15) is 0 Å². The molecule has 0 saturated heterocycles. The third-order valence-corrected chi connectivity index (χ3v) is 3.23. The minimum atomic E-state index is -0.512. The first-order chi connectivity index (χ1) is 6.57. The van der Waals surface area contributed by atoms with Crippen molar-refractivity contribution in [1.29, 1.82) is 0 Å². The maximum atomic E-state index is 10.1. The van der Waals surface area contributed by atoms with Crippen molar-refractivity contribution in [3.8, 4) is 0 Å². The number of aliphatic hydroxyl groups is 2.